The molecule has 4 nitrogen and oxygen atoms in total. The van der Waals surface area contributed by atoms with Crippen molar-refractivity contribution in [3.05, 3.63) is 23.8 Å². The Morgan fingerprint density at radius 2 is 1.62 bits per heavy atom. The van der Waals surface area contributed by atoms with Crippen LogP contribution in [0.5, 0.6) is 0 Å². The number of halogens is 1. The molecule has 2 aromatic rings. The summed E-state index contributed by atoms with van der Waals surface area (Å²) in [5.74, 6) is 0. The molecule has 5 heteroatoms. The summed E-state index contributed by atoms with van der Waals surface area (Å²) in [6.07, 6.45) is 14.9. The Bertz CT molecular complexity index is 600. The number of nitrogens with two attached hydrogens (primary N) is 1. The van der Waals surface area contributed by atoms with Crippen LogP contribution in [0.3, 0.4) is 0 Å². The molecule has 0 saturated carbocycles. The SMILES string of the molecule is CCCCCCCCCCCCc1ccc2oc(NCCN)nc2c1.Cl. The van der Waals surface area contributed by atoms with E-state index in [1.807, 2.05) is 6.07 Å². The van der Waals surface area contributed by atoms with Gasteiger partial charge in [-0.05, 0) is 30.5 Å². The highest BCUT2D eigenvalue weighted by Crippen LogP contribution is 2.21. The topological polar surface area (TPSA) is 64.1 Å². The maximum atomic E-state index is 5.65. The number of hydrogen-bond donors (Lipinski definition) is 2. The molecular weight excluding hydrogens is 346 g/mol. The number of aryl methyl sites for hydroxylation is 1. The summed E-state index contributed by atoms with van der Waals surface area (Å²) in [6, 6.07) is 6.91. The standard InChI is InChI=1S/C21H35N3O.ClH/c1-2-3-4-5-6-7-8-9-10-11-12-18-13-14-20-19(17-18)24-21(25-20)23-16-15-22;/h13-14,17H,2-12,15-16,22H2,1H3,(H,23,24);1H. The summed E-state index contributed by atoms with van der Waals surface area (Å²) >= 11 is 0. The summed E-state index contributed by atoms with van der Waals surface area (Å²) < 4.78 is 5.65. The van der Waals surface area contributed by atoms with Gasteiger partial charge >= 0.3 is 0 Å². The van der Waals surface area contributed by atoms with Crippen LogP contribution in [-0.4, -0.2) is 18.1 Å². The number of benzene rings is 1. The smallest absolute Gasteiger partial charge is 0.295 e. The second-order valence-corrected chi connectivity index (χ2v) is 6.97. The molecule has 0 radical (unpaired) electrons. The molecule has 0 amide bonds. The molecule has 1 aromatic heterocycles. The van der Waals surface area contributed by atoms with Gasteiger partial charge < -0.3 is 15.5 Å². The molecule has 26 heavy (non-hydrogen) atoms. The Morgan fingerprint density at radius 1 is 0.962 bits per heavy atom. The van der Waals surface area contributed by atoms with Crippen LogP contribution in [0, 0.1) is 0 Å². The molecule has 148 valence electrons. The summed E-state index contributed by atoms with van der Waals surface area (Å²) in [6.45, 7) is 3.53. The maximum absolute atomic E-state index is 5.65. The van der Waals surface area contributed by atoms with Crippen LogP contribution in [0.1, 0.15) is 76.7 Å². The van der Waals surface area contributed by atoms with Gasteiger partial charge in [-0.25, -0.2) is 0 Å². The van der Waals surface area contributed by atoms with Crippen LogP contribution in [0.4, 0.5) is 6.01 Å². The van der Waals surface area contributed by atoms with Gasteiger partial charge in [-0.15, -0.1) is 12.4 Å². The molecule has 0 saturated heterocycles. The molecule has 3 N–H and O–H groups in total. The first-order valence-electron chi connectivity index (χ1n) is 10.2. The molecule has 1 aromatic carbocycles. The van der Waals surface area contributed by atoms with Crippen LogP contribution in [0.2, 0.25) is 0 Å². The van der Waals surface area contributed by atoms with Crippen LogP contribution in [0.25, 0.3) is 11.1 Å². The van der Waals surface area contributed by atoms with E-state index in [-0.39, 0.29) is 12.4 Å². The fourth-order valence-corrected chi connectivity index (χ4v) is 3.20. The van der Waals surface area contributed by atoms with E-state index in [4.69, 9.17) is 10.2 Å². The predicted octanol–water partition coefficient (Wildman–Crippen LogP) is 6.08. The molecule has 0 aliphatic heterocycles. The number of rotatable bonds is 14. The fraction of sp³-hybridized carbons (Fsp3) is 0.667. The van der Waals surface area contributed by atoms with Gasteiger partial charge in [0.15, 0.2) is 5.58 Å². The van der Waals surface area contributed by atoms with Gasteiger partial charge in [-0.2, -0.15) is 4.98 Å². The zero-order valence-electron chi connectivity index (χ0n) is 16.3. The number of unbranched alkanes of at least 4 members (excludes halogenated alkanes) is 9. The van der Waals surface area contributed by atoms with E-state index >= 15 is 0 Å². The highest BCUT2D eigenvalue weighted by molar-refractivity contribution is 5.85. The van der Waals surface area contributed by atoms with Crippen molar-refractivity contribution in [2.75, 3.05) is 18.4 Å². The minimum Gasteiger partial charge on any atom is -0.424 e. The molecule has 0 bridgehead atoms. The van der Waals surface area contributed by atoms with E-state index in [2.05, 4.69) is 29.4 Å². The molecule has 0 unspecified atom stereocenters. The highest BCUT2D eigenvalue weighted by atomic mass is 35.5. The van der Waals surface area contributed by atoms with Gasteiger partial charge in [0.25, 0.3) is 6.01 Å². The third-order valence-electron chi connectivity index (χ3n) is 4.69. The first-order valence-corrected chi connectivity index (χ1v) is 10.2. The zero-order chi connectivity index (χ0) is 17.7. The van der Waals surface area contributed by atoms with Crippen molar-refractivity contribution in [3.8, 4) is 0 Å². The van der Waals surface area contributed by atoms with E-state index in [1.54, 1.807) is 0 Å². The van der Waals surface area contributed by atoms with E-state index < -0.39 is 0 Å². The van der Waals surface area contributed by atoms with E-state index in [1.165, 1.54) is 69.8 Å². The van der Waals surface area contributed by atoms with E-state index in [9.17, 15) is 0 Å². The Balaban J connectivity index is 0.00000338. The normalized spacial score (nSPS) is 10.8. The largest absolute Gasteiger partial charge is 0.424 e. The zero-order valence-corrected chi connectivity index (χ0v) is 17.1. The lowest BCUT2D eigenvalue weighted by atomic mass is 10.0. The molecule has 1 heterocycles. The monoisotopic (exact) mass is 381 g/mol. The maximum Gasteiger partial charge on any atom is 0.295 e. The van der Waals surface area contributed by atoms with Crippen LogP contribution in [-0.2, 0) is 6.42 Å². The van der Waals surface area contributed by atoms with Gasteiger partial charge in [0, 0.05) is 13.1 Å². The van der Waals surface area contributed by atoms with Gasteiger partial charge in [0.1, 0.15) is 5.52 Å². The Morgan fingerprint density at radius 3 is 2.27 bits per heavy atom. The molecule has 2 rings (SSSR count). The van der Waals surface area contributed by atoms with Crippen molar-refractivity contribution in [2.45, 2.75) is 77.6 Å². The highest BCUT2D eigenvalue weighted by Gasteiger charge is 2.05. The average Bonchev–Trinajstić information content (AvgIpc) is 3.03. The van der Waals surface area contributed by atoms with Crippen molar-refractivity contribution >= 4 is 29.5 Å². The summed E-state index contributed by atoms with van der Waals surface area (Å²) in [5, 5.41) is 3.09. The summed E-state index contributed by atoms with van der Waals surface area (Å²) in [4.78, 5) is 4.48. The van der Waals surface area contributed by atoms with Gasteiger partial charge in [0.2, 0.25) is 0 Å². The number of oxazole rings is 1. The van der Waals surface area contributed by atoms with Crippen LogP contribution in [0.15, 0.2) is 22.6 Å². The van der Waals surface area contributed by atoms with Crippen molar-refractivity contribution < 1.29 is 4.42 Å². The minimum atomic E-state index is 0. The lowest BCUT2D eigenvalue weighted by Crippen LogP contribution is -2.13. The first-order chi connectivity index (χ1) is 12.3. The molecule has 0 fully saturated rings. The Labute approximate surface area is 164 Å². The van der Waals surface area contributed by atoms with Crippen molar-refractivity contribution in [1.29, 1.82) is 0 Å². The van der Waals surface area contributed by atoms with Crippen LogP contribution < -0.4 is 11.1 Å². The number of hydrogen-bond acceptors (Lipinski definition) is 4. The number of aromatic nitrogens is 1. The number of nitrogens with one attached hydrogen (secondary N) is 1. The Kier molecular flexibility index (Phi) is 12.2. The van der Waals surface area contributed by atoms with E-state index in [0.29, 0.717) is 19.1 Å². The van der Waals surface area contributed by atoms with Crippen LogP contribution >= 0.6 is 12.4 Å². The molecular formula is C21H36ClN3O. The molecule has 0 aliphatic carbocycles. The molecule has 0 atom stereocenters. The van der Waals surface area contributed by atoms with Crippen molar-refractivity contribution in [3.63, 3.8) is 0 Å². The second kappa shape index (κ2) is 13.9. The quantitative estimate of drug-likeness (QED) is 0.389. The van der Waals surface area contributed by atoms with Gasteiger partial charge in [-0.1, -0.05) is 70.8 Å². The molecule has 0 spiro atoms. The average molecular weight is 382 g/mol. The fourth-order valence-electron chi connectivity index (χ4n) is 3.20. The number of fused-ring (bicyclic) bond motifs is 1. The van der Waals surface area contributed by atoms with Gasteiger partial charge in [-0.3, -0.25) is 0 Å². The number of nitrogens with zero attached hydrogens (tertiary/aromatic N) is 1. The van der Waals surface area contributed by atoms with Gasteiger partial charge in [0.05, 0.1) is 0 Å². The number of anilines is 1. The second-order valence-electron chi connectivity index (χ2n) is 6.97. The van der Waals surface area contributed by atoms with Crippen molar-refractivity contribution in [2.24, 2.45) is 5.73 Å². The lowest BCUT2D eigenvalue weighted by Gasteiger charge is -2.03. The predicted molar refractivity (Wildman–Crippen MR) is 114 cm³/mol. The van der Waals surface area contributed by atoms with E-state index in [0.717, 1.165) is 17.5 Å². The van der Waals surface area contributed by atoms with Crippen molar-refractivity contribution in [1.82, 2.24) is 4.98 Å². The summed E-state index contributed by atoms with van der Waals surface area (Å²) in [7, 11) is 0. The first kappa shape index (κ1) is 22.8. The minimum absolute atomic E-state index is 0. The molecule has 0 aliphatic rings. The Hall–Kier alpha value is -1.26. The third-order valence-corrected chi connectivity index (χ3v) is 4.69. The lowest BCUT2D eigenvalue weighted by molar-refractivity contribution is 0.556. The third kappa shape index (κ3) is 8.41. The summed E-state index contributed by atoms with van der Waals surface area (Å²) in [5.41, 5.74) is 8.61.